The number of carbonyl (C=O) groups is 1. The minimum absolute atomic E-state index is 0.246. The van der Waals surface area contributed by atoms with E-state index < -0.39 is 9.89 Å². The first kappa shape index (κ1) is 11.0. The zero-order chi connectivity index (χ0) is 8.91. The highest BCUT2D eigenvalue weighted by molar-refractivity contribution is 6.74. The van der Waals surface area contributed by atoms with E-state index in [2.05, 4.69) is 9.73 Å². The predicted molar refractivity (Wildman–Crippen MR) is 45.8 cm³/mol. The van der Waals surface area contributed by atoms with E-state index in [4.69, 9.17) is 34.8 Å². The Morgan fingerprint density at radius 1 is 1.64 bits per heavy atom. The molecule has 0 aliphatic rings. The second-order valence-electron chi connectivity index (χ2n) is 1.50. The smallest absolute Gasteiger partial charge is 0.433 e. The van der Waals surface area contributed by atoms with Crippen molar-refractivity contribution in [2.45, 2.75) is 10.7 Å². The van der Waals surface area contributed by atoms with Gasteiger partial charge in [-0.05, 0) is 6.92 Å². The first-order valence-electron chi connectivity index (χ1n) is 2.74. The van der Waals surface area contributed by atoms with Crippen LogP contribution in [-0.2, 0) is 4.74 Å². The van der Waals surface area contributed by atoms with Crippen LogP contribution in [0.1, 0.15) is 6.92 Å². The summed E-state index contributed by atoms with van der Waals surface area (Å²) in [4.78, 5) is 13.7. The molecule has 0 spiro atoms. The highest BCUT2D eigenvalue weighted by atomic mass is 35.6. The third-order valence-electron chi connectivity index (χ3n) is 0.584. The van der Waals surface area contributed by atoms with Crippen molar-refractivity contribution in [1.82, 2.24) is 0 Å². The Hall–Kier alpha value is 0.01000. The van der Waals surface area contributed by atoms with E-state index in [-0.39, 0.29) is 6.61 Å². The van der Waals surface area contributed by atoms with Gasteiger partial charge in [0.1, 0.15) is 0 Å². The molecule has 0 aliphatic heterocycles. The molecule has 0 aromatic rings. The maximum Gasteiger partial charge on any atom is 0.433 e. The zero-order valence-electron chi connectivity index (χ0n) is 5.68. The van der Waals surface area contributed by atoms with Crippen molar-refractivity contribution >= 4 is 47.1 Å². The monoisotopic (exact) mass is 217 g/mol. The van der Waals surface area contributed by atoms with E-state index in [0.29, 0.717) is 0 Å². The van der Waals surface area contributed by atoms with Gasteiger partial charge in [0.15, 0.2) is 0 Å². The lowest BCUT2D eigenvalue weighted by molar-refractivity contribution is 0.163. The molecule has 0 heterocycles. The summed E-state index contributed by atoms with van der Waals surface area (Å²) in [6, 6.07) is 0. The number of hydrogen-bond donors (Lipinski definition) is 0. The Morgan fingerprint density at radius 3 is 2.55 bits per heavy atom. The Morgan fingerprint density at radius 2 is 2.18 bits per heavy atom. The van der Waals surface area contributed by atoms with Gasteiger partial charge in [-0.3, -0.25) is 0 Å². The third kappa shape index (κ3) is 7.91. The lowest BCUT2D eigenvalue weighted by Crippen LogP contribution is -2.06. The molecule has 0 saturated heterocycles. The van der Waals surface area contributed by atoms with Crippen molar-refractivity contribution in [2.24, 2.45) is 4.99 Å². The number of rotatable bonds is 1. The van der Waals surface area contributed by atoms with Crippen LogP contribution in [0.15, 0.2) is 4.99 Å². The Labute approximate surface area is 79.3 Å². The van der Waals surface area contributed by atoms with Crippen LogP contribution in [0.5, 0.6) is 0 Å². The molecule has 6 heteroatoms. The summed E-state index contributed by atoms with van der Waals surface area (Å²) >= 11 is 15.8. The Balaban J connectivity index is 3.83. The second kappa shape index (κ2) is 4.80. The number of ether oxygens (including phenoxy) is 1. The van der Waals surface area contributed by atoms with Gasteiger partial charge >= 0.3 is 6.09 Å². The van der Waals surface area contributed by atoms with Crippen LogP contribution in [0, 0.1) is 0 Å². The van der Waals surface area contributed by atoms with E-state index in [1.165, 1.54) is 0 Å². The maximum absolute atomic E-state index is 10.5. The molecule has 11 heavy (non-hydrogen) atoms. The van der Waals surface area contributed by atoms with E-state index in [0.717, 1.165) is 6.21 Å². The van der Waals surface area contributed by atoms with Gasteiger partial charge < -0.3 is 4.74 Å². The van der Waals surface area contributed by atoms with Gasteiger partial charge in [-0.15, -0.1) is 0 Å². The van der Waals surface area contributed by atoms with E-state index in [1.807, 2.05) is 0 Å². The second-order valence-corrected chi connectivity index (χ2v) is 3.87. The SMILES string of the molecule is CCOC(=O)/N=C/C(Cl)(Cl)Cl. The molecule has 0 aromatic heterocycles. The van der Waals surface area contributed by atoms with E-state index >= 15 is 0 Å². The summed E-state index contributed by atoms with van der Waals surface area (Å²) in [6.45, 7) is 1.90. The molecule has 0 bridgehead atoms. The Kier molecular flexibility index (Phi) is 4.81. The number of nitrogens with zero attached hydrogens (tertiary/aromatic N) is 1. The number of aliphatic imine (C=N–C) groups is 1. The molecule has 0 atom stereocenters. The summed E-state index contributed by atoms with van der Waals surface area (Å²) < 4.78 is 2.78. The summed E-state index contributed by atoms with van der Waals surface area (Å²) in [5, 5.41) is 0. The van der Waals surface area contributed by atoms with E-state index in [9.17, 15) is 4.79 Å². The maximum atomic E-state index is 10.5. The predicted octanol–water partition coefficient (Wildman–Crippen LogP) is 2.58. The molecule has 0 fully saturated rings. The quantitative estimate of drug-likeness (QED) is 0.501. The average Bonchev–Trinajstić information content (AvgIpc) is 1.83. The van der Waals surface area contributed by atoms with Crippen molar-refractivity contribution in [3.05, 3.63) is 0 Å². The van der Waals surface area contributed by atoms with Gasteiger partial charge in [0.25, 0.3) is 0 Å². The van der Waals surface area contributed by atoms with Crippen LogP contribution in [-0.4, -0.2) is 22.7 Å². The molecule has 3 nitrogen and oxygen atoms in total. The van der Waals surface area contributed by atoms with Crippen molar-refractivity contribution < 1.29 is 9.53 Å². The van der Waals surface area contributed by atoms with Crippen molar-refractivity contribution in [3.8, 4) is 0 Å². The fourth-order valence-electron chi connectivity index (χ4n) is 0.287. The van der Waals surface area contributed by atoms with Gasteiger partial charge in [-0.1, -0.05) is 34.8 Å². The number of carbonyl (C=O) groups excluding carboxylic acids is 1. The lowest BCUT2D eigenvalue weighted by Gasteiger charge is -2.00. The van der Waals surface area contributed by atoms with Crippen LogP contribution in [0.25, 0.3) is 0 Å². The van der Waals surface area contributed by atoms with Crippen LogP contribution < -0.4 is 0 Å². The molecule has 0 rings (SSSR count). The first-order chi connectivity index (χ1) is 4.95. The summed E-state index contributed by atoms with van der Waals surface area (Å²) in [5.74, 6) is 0. The van der Waals surface area contributed by atoms with Crippen LogP contribution >= 0.6 is 34.8 Å². The largest absolute Gasteiger partial charge is 0.448 e. The Bertz CT molecular complexity index is 164. The summed E-state index contributed by atoms with van der Waals surface area (Å²) in [6.07, 6.45) is 0.120. The van der Waals surface area contributed by atoms with Gasteiger partial charge in [0.05, 0.1) is 12.8 Å². The third-order valence-corrected chi connectivity index (χ3v) is 0.877. The molecule has 1 amide bonds. The number of alkyl halides is 3. The van der Waals surface area contributed by atoms with Crippen molar-refractivity contribution in [1.29, 1.82) is 0 Å². The van der Waals surface area contributed by atoms with Gasteiger partial charge in [-0.25, -0.2) is 4.79 Å². The molecule has 64 valence electrons. The van der Waals surface area contributed by atoms with Crippen molar-refractivity contribution in [3.63, 3.8) is 0 Å². The topological polar surface area (TPSA) is 38.7 Å². The standard InChI is InChI=1S/C5H6Cl3NO2/c1-2-11-4(10)9-3-5(6,7)8/h3H,2H2,1H3/b9-3+. The summed E-state index contributed by atoms with van der Waals surface area (Å²) in [5.41, 5.74) is 0. The fraction of sp³-hybridized carbons (Fsp3) is 0.600. The zero-order valence-corrected chi connectivity index (χ0v) is 7.95. The first-order valence-corrected chi connectivity index (χ1v) is 3.88. The normalized spacial score (nSPS) is 12.0. The molecular formula is C5H6Cl3NO2. The van der Waals surface area contributed by atoms with Crippen LogP contribution in [0.2, 0.25) is 0 Å². The molecule has 0 radical (unpaired) electrons. The number of amides is 1. The lowest BCUT2D eigenvalue weighted by atomic mass is 10.8. The molecule has 0 N–H and O–H groups in total. The highest BCUT2D eigenvalue weighted by Crippen LogP contribution is 2.22. The molecular weight excluding hydrogens is 212 g/mol. The number of hydrogen-bond acceptors (Lipinski definition) is 2. The number of halogens is 3. The van der Waals surface area contributed by atoms with Gasteiger partial charge in [0.2, 0.25) is 3.79 Å². The molecule has 0 aliphatic carbocycles. The average molecular weight is 218 g/mol. The summed E-state index contributed by atoms with van der Waals surface area (Å²) in [7, 11) is 0. The van der Waals surface area contributed by atoms with Gasteiger partial charge in [-0.2, -0.15) is 4.99 Å². The molecule has 0 aromatic carbocycles. The fourth-order valence-corrected chi connectivity index (χ4v) is 0.433. The minimum atomic E-state index is -1.65. The molecule has 0 unspecified atom stereocenters. The highest BCUT2D eigenvalue weighted by Gasteiger charge is 2.16. The minimum Gasteiger partial charge on any atom is -0.448 e. The molecule has 0 saturated carbocycles. The van der Waals surface area contributed by atoms with E-state index in [1.54, 1.807) is 6.92 Å². The van der Waals surface area contributed by atoms with Crippen LogP contribution in [0.3, 0.4) is 0 Å². The van der Waals surface area contributed by atoms with Gasteiger partial charge in [0, 0.05) is 0 Å². The van der Waals surface area contributed by atoms with Crippen molar-refractivity contribution in [2.75, 3.05) is 6.61 Å². The van der Waals surface area contributed by atoms with Crippen LogP contribution in [0.4, 0.5) is 4.79 Å².